The van der Waals surface area contributed by atoms with Crippen LogP contribution >= 0.6 is 0 Å². The molecule has 0 aliphatic heterocycles. The van der Waals surface area contributed by atoms with Crippen molar-refractivity contribution in [3.63, 3.8) is 0 Å². The molecule has 3 N–H and O–H groups in total. The lowest BCUT2D eigenvalue weighted by Gasteiger charge is -2.17. The van der Waals surface area contributed by atoms with Crippen LogP contribution in [0.3, 0.4) is 0 Å². The average molecular weight is 312 g/mol. The first-order chi connectivity index (χ1) is 9.94. The highest BCUT2D eigenvalue weighted by molar-refractivity contribution is 7.89. The van der Waals surface area contributed by atoms with Crippen LogP contribution < -0.4 is 10.5 Å². The Kier molecular flexibility index (Phi) is 4.66. The lowest BCUT2D eigenvalue weighted by atomic mass is 10.1. The largest absolute Gasteiger partial charge is 0.329 e. The monoisotopic (exact) mass is 312 g/mol. The number of nitrogens with two attached hydrogens (primary N) is 1. The minimum Gasteiger partial charge on any atom is -0.329 e. The van der Waals surface area contributed by atoms with E-state index in [-0.39, 0.29) is 11.4 Å². The molecule has 21 heavy (non-hydrogen) atoms. The minimum absolute atomic E-state index is 0.0346. The van der Waals surface area contributed by atoms with Crippen molar-refractivity contribution in [3.05, 3.63) is 65.7 Å². The van der Waals surface area contributed by atoms with Gasteiger partial charge in [-0.25, -0.2) is 21.9 Å². The fraction of sp³-hybridized carbons (Fsp3) is 0.143. The van der Waals surface area contributed by atoms with Crippen LogP contribution in [0, 0.1) is 11.6 Å². The van der Waals surface area contributed by atoms with Crippen molar-refractivity contribution in [2.75, 3.05) is 6.54 Å². The van der Waals surface area contributed by atoms with Gasteiger partial charge in [-0.15, -0.1) is 0 Å². The molecule has 0 saturated heterocycles. The average Bonchev–Trinajstić information content (AvgIpc) is 2.48. The van der Waals surface area contributed by atoms with E-state index in [4.69, 9.17) is 5.73 Å². The molecule has 0 heterocycles. The molecule has 4 nitrogen and oxygen atoms in total. The third-order valence-corrected chi connectivity index (χ3v) is 4.41. The van der Waals surface area contributed by atoms with Gasteiger partial charge < -0.3 is 5.73 Å². The van der Waals surface area contributed by atoms with Gasteiger partial charge in [0.15, 0.2) is 11.6 Å². The Morgan fingerprint density at radius 1 is 1.05 bits per heavy atom. The fourth-order valence-electron chi connectivity index (χ4n) is 1.84. The van der Waals surface area contributed by atoms with Crippen LogP contribution in [0.2, 0.25) is 0 Å². The molecule has 7 heteroatoms. The first-order valence-corrected chi connectivity index (χ1v) is 7.65. The zero-order valence-electron chi connectivity index (χ0n) is 11.0. The summed E-state index contributed by atoms with van der Waals surface area (Å²) >= 11 is 0. The van der Waals surface area contributed by atoms with E-state index in [2.05, 4.69) is 4.72 Å². The third-order valence-electron chi connectivity index (χ3n) is 2.94. The van der Waals surface area contributed by atoms with Gasteiger partial charge >= 0.3 is 0 Å². The van der Waals surface area contributed by atoms with Crippen LogP contribution in [0.1, 0.15) is 11.6 Å². The number of hydrogen-bond donors (Lipinski definition) is 2. The topological polar surface area (TPSA) is 72.2 Å². The van der Waals surface area contributed by atoms with E-state index in [1.54, 1.807) is 30.3 Å². The zero-order valence-corrected chi connectivity index (χ0v) is 11.8. The maximum atomic E-state index is 13.2. The third kappa shape index (κ3) is 3.63. The first kappa shape index (κ1) is 15.6. The Morgan fingerprint density at radius 2 is 1.71 bits per heavy atom. The van der Waals surface area contributed by atoms with Crippen LogP contribution in [0.25, 0.3) is 0 Å². The minimum atomic E-state index is -4.00. The summed E-state index contributed by atoms with van der Waals surface area (Å²) in [5, 5.41) is 0. The summed E-state index contributed by atoms with van der Waals surface area (Å²) in [4.78, 5) is -0.351. The first-order valence-electron chi connectivity index (χ1n) is 6.16. The Balaban J connectivity index is 2.29. The molecule has 2 aromatic carbocycles. The van der Waals surface area contributed by atoms with Crippen molar-refractivity contribution in [2.45, 2.75) is 10.9 Å². The van der Waals surface area contributed by atoms with Crippen molar-refractivity contribution in [2.24, 2.45) is 5.73 Å². The van der Waals surface area contributed by atoms with Crippen molar-refractivity contribution in [3.8, 4) is 0 Å². The normalized spacial score (nSPS) is 13.1. The van der Waals surface area contributed by atoms with Crippen molar-refractivity contribution >= 4 is 10.0 Å². The standard InChI is InChI=1S/C14H14F2N2O2S/c15-12-7-6-11(8-13(12)16)21(19,20)18-14(9-17)10-4-2-1-3-5-10/h1-8,14,18H,9,17H2. The zero-order chi connectivity index (χ0) is 15.5. The summed E-state index contributed by atoms with van der Waals surface area (Å²) in [6.07, 6.45) is 0. The second-order valence-electron chi connectivity index (χ2n) is 4.40. The summed E-state index contributed by atoms with van der Waals surface area (Å²) in [6.45, 7) is 0.0346. The Labute approximate surface area is 121 Å². The van der Waals surface area contributed by atoms with Gasteiger partial charge in [-0.2, -0.15) is 0 Å². The van der Waals surface area contributed by atoms with E-state index in [0.29, 0.717) is 11.6 Å². The molecule has 2 aromatic rings. The predicted octanol–water partition coefficient (Wildman–Crippen LogP) is 1.94. The quantitative estimate of drug-likeness (QED) is 0.886. The molecule has 0 bridgehead atoms. The van der Waals surface area contributed by atoms with Crippen LogP contribution in [0.4, 0.5) is 8.78 Å². The molecule has 1 atom stereocenters. The maximum Gasteiger partial charge on any atom is 0.241 e. The smallest absolute Gasteiger partial charge is 0.241 e. The molecule has 1 unspecified atom stereocenters. The summed E-state index contributed by atoms with van der Waals surface area (Å²) < 4.78 is 52.8. The molecule has 0 radical (unpaired) electrons. The fourth-order valence-corrected chi connectivity index (χ4v) is 3.09. The van der Waals surface area contributed by atoms with E-state index in [1.807, 2.05) is 0 Å². The van der Waals surface area contributed by atoms with E-state index >= 15 is 0 Å². The van der Waals surface area contributed by atoms with Gasteiger partial charge in [-0.1, -0.05) is 30.3 Å². The molecule has 0 fully saturated rings. The maximum absolute atomic E-state index is 13.2. The molecular formula is C14H14F2N2O2S. The molecule has 0 saturated carbocycles. The van der Waals surface area contributed by atoms with E-state index in [1.165, 1.54) is 0 Å². The van der Waals surface area contributed by atoms with Crippen LogP contribution in [0.15, 0.2) is 53.4 Å². The second-order valence-corrected chi connectivity index (χ2v) is 6.11. The Morgan fingerprint density at radius 3 is 2.29 bits per heavy atom. The molecule has 2 rings (SSSR count). The molecule has 0 aromatic heterocycles. The van der Waals surface area contributed by atoms with Gasteiger partial charge in [0, 0.05) is 6.54 Å². The highest BCUT2D eigenvalue weighted by Crippen LogP contribution is 2.18. The summed E-state index contributed by atoms with van der Waals surface area (Å²) in [6, 6.07) is 10.5. The predicted molar refractivity (Wildman–Crippen MR) is 74.9 cm³/mol. The number of nitrogens with one attached hydrogen (secondary N) is 1. The molecular weight excluding hydrogens is 298 g/mol. The van der Waals surface area contributed by atoms with Crippen molar-refractivity contribution in [1.29, 1.82) is 0 Å². The summed E-state index contributed by atoms with van der Waals surface area (Å²) in [5.41, 5.74) is 6.27. The van der Waals surface area contributed by atoms with Crippen molar-refractivity contribution in [1.82, 2.24) is 4.72 Å². The van der Waals surface area contributed by atoms with Crippen LogP contribution in [0.5, 0.6) is 0 Å². The molecule has 112 valence electrons. The van der Waals surface area contributed by atoms with Crippen LogP contribution in [-0.4, -0.2) is 15.0 Å². The van der Waals surface area contributed by atoms with E-state index in [9.17, 15) is 17.2 Å². The van der Waals surface area contributed by atoms with Gasteiger partial charge in [-0.3, -0.25) is 0 Å². The second kappa shape index (κ2) is 6.30. The van der Waals surface area contributed by atoms with E-state index < -0.39 is 27.7 Å². The number of sulfonamides is 1. The Bertz CT molecular complexity index is 721. The van der Waals surface area contributed by atoms with E-state index in [0.717, 1.165) is 12.1 Å². The molecule has 0 spiro atoms. The van der Waals surface area contributed by atoms with Gasteiger partial charge in [0.2, 0.25) is 10.0 Å². The highest BCUT2D eigenvalue weighted by atomic mass is 32.2. The SMILES string of the molecule is NCC(NS(=O)(=O)c1ccc(F)c(F)c1)c1ccccc1. The van der Waals surface area contributed by atoms with Gasteiger partial charge in [-0.05, 0) is 23.8 Å². The highest BCUT2D eigenvalue weighted by Gasteiger charge is 2.21. The number of benzene rings is 2. The molecule has 0 aliphatic rings. The molecule has 0 aliphatic carbocycles. The van der Waals surface area contributed by atoms with Crippen molar-refractivity contribution < 1.29 is 17.2 Å². The van der Waals surface area contributed by atoms with Gasteiger partial charge in [0.25, 0.3) is 0 Å². The lowest BCUT2D eigenvalue weighted by molar-refractivity contribution is 0.503. The number of rotatable bonds is 5. The van der Waals surface area contributed by atoms with Gasteiger partial charge in [0.05, 0.1) is 10.9 Å². The number of hydrogen-bond acceptors (Lipinski definition) is 3. The Hall–Kier alpha value is -1.83. The summed E-state index contributed by atoms with van der Waals surface area (Å²) in [5.74, 6) is -2.32. The number of halogens is 2. The summed E-state index contributed by atoms with van der Waals surface area (Å²) in [7, 11) is -4.00. The van der Waals surface area contributed by atoms with Gasteiger partial charge in [0.1, 0.15) is 0 Å². The lowest BCUT2D eigenvalue weighted by Crippen LogP contribution is -2.33. The molecule has 0 amide bonds. The van der Waals surface area contributed by atoms with Crippen LogP contribution in [-0.2, 0) is 10.0 Å².